The Balaban J connectivity index is 0.00000320. The number of aliphatic hydroxyl groups excluding tert-OH is 1. The zero-order valence-electron chi connectivity index (χ0n) is 17.5. The minimum absolute atomic E-state index is 0. The molecule has 1 fully saturated rings. The Kier molecular flexibility index (Phi) is 10.1. The van der Waals surface area contributed by atoms with Crippen LogP contribution in [0.15, 0.2) is 54.6 Å². The molecule has 2 aromatic carbocycles. The van der Waals surface area contributed by atoms with Gasteiger partial charge in [0.1, 0.15) is 12.4 Å². The molecule has 3 atom stereocenters. The molecule has 164 valence electrons. The molecule has 3 unspecified atom stereocenters. The summed E-state index contributed by atoms with van der Waals surface area (Å²) in [6.45, 7) is 4.89. The maximum absolute atomic E-state index is 12.3. The second kappa shape index (κ2) is 12.6. The lowest BCUT2D eigenvalue weighted by molar-refractivity contribution is -0.122. The molecule has 1 amide bonds. The molecule has 1 heterocycles. The molecule has 0 aliphatic carbocycles. The van der Waals surface area contributed by atoms with Crippen LogP contribution in [0, 0.1) is 11.8 Å². The maximum Gasteiger partial charge on any atom is 0.220 e. The fourth-order valence-electron chi connectivity index (χ4n) is 3.78. The zero-order valence-corrected chi connectivity index (χ0v) is 18.4. The lowest BCUT2D eigenvalue weighted by atomic mass is 9.85. The number of aliphatic hydroxyl groups is 1. The second-order valence-corrected chi connectivity index (χ2v) is 7.95. The Morgan fingerprint density at radius 1 is 1.23 bits per heavy atom. The molecule has 2 aromatic rings. The first-order chi connectivity index (χ1) is 14.1. The average molecular weight is 433 g/mol. The van der Waals surface area contributed by atoms with Crippen LogP contribution in [-0.2, 0) is 11.4 Å². The smallest absolute Gasteiger partial charge is 0.220 e. The molecule has 0 radical (unpaired) electrons. The van der Waals surface area contributed by atoms with Gasteiger partial charge >= 0.3 is 0 Å². The summed E-state index contributed by atoms with van der Waals surface area (Å²) in [5, 5.41) is 16.8. The van der Waals surface area contributed by atoms with Crippen LogP contribution < -0.4 is 15.4 Å². The van der Waals surface area contributed by atoms with E-state index in [4.69, 9.17) is 4.74 Å². The highest BCUT2D eigenvalue weighted by molar-refractivity contribution is 5.85. The van der Waals surface area contributed by atoms with Crippen molar-refractivity contribution in [2.24, 2.45) is 11.8 Å². The molecule has 0 saturated carbocycles. The van der Waals surface area contributed by atoms with Gasteiger partial charge in [-0.25, -0.2) is 0 Å². The molecule has 0 aromatic heterocycles. The summed E-state index contributed by atoms with van der Waals surface area (Å²) in [5.74, 6) is 1.60. The van der Waals surface area contributed by atoms with Crippen molar-refractivity contribution in [3.8, 4) is 5.75 Å². The first-order valence-corrected chi connectivity index (χ1v) is 10.5. The molecule has 3 N–H and O–H groups in total. The Morgan fingerprint density at radius 2 is 2.03 bits per heavy atom. The minimum atomic E-state index is -0.758. The van der Waals surface area contributed by atoms with Gasteiger partial charge in [0.2, 0.25) is 5.91 Å². The van der Waals surface area contributed by atoms with E-state index in [2.05, 4.69) is 17.6 Å². The van der Waals surface area contributed by atoms with E-state index in [0.29, 0.717) is 30.6 Å². The zero-order chi connectivity index (χ0) is 20.5. The number of halogens is 1. The van der Waals surface area contributed by atoms with Gasteiger partial charge in [-0.2, -0.15) is 0 Å². The number of nitrogens with one attached hydrogen (secondary N) is 2. The van der Waals surface area contributed by atoms with E-state index in [1.807, 2.05) is 54.6 Å². The molecule has 1 saturated heterocycles. The highest BCUT2D eigenvalue weighted by Crippen LogP contribution is 2.23. The first kappa shape index (κ1) is 24.2. The fraction of sp³-hybridized carbons (Fsp3) is 0.458. The van der Waals surface area contributed by atoms with Crippen LogP contribution in [0.4, 0.5) is 0 Å². The van der Waals surface area contributed by atoms with E-state index in [9.17, 15) is 9.90 Å². The number of hydrogen-bond acceptors (Lipinski definition) is 4. The van der Waals surface area contributed by atoms with Crippen LogP contribution in [-0.4, -0.2) is 30.6 Å². The molecule has 0 spiro atoms. The quantitative estimate of drug-likeness (QED) is 0.562. The summed E-state index contributed by atoms with van der Waals surface area (Å²) in [5.41, 5.74) is 1.83. The van der Waals surface area contributed by atoms with Crippen LogP contribution in [0.1, 0.15) is 43.4 Å². The van der Waals surface area contributed by atoms with Crippen LogP contribution in [0.3, 0.4) is 0 Å². The van der Waals surface area contributed by atoms with E-state index in [-0.39, 0.29) is 24.9 Å². The lowest BCUT2D eigenvalue weighted by Crippen LogP contribution is -2.36. The number of carbonyl (C=O) groups excluding carboxylic acids is 1. The van der Waals surface area contributed by atoms with E-state index < -0.39 is 6.10 Å². The van der Waals surface area contributed by atoms with Gasteiger partial charge in [-0.3, -0.25) is 4.79 Å². The SMILES string of the molecule is CC(CC(=O)NCC(O)c1cccc(OCc2ccccc2)c1)C1CCCNC1.Cl. The standard InChI is InChI=1S/C24H32N2O3.ClH/c1-18(21-10-6-12-25-15-21)13-24(28)26-16-23(27)20-9-5-11-22(14-20)29-17-19-7-3-2-4-8-19;/h2-5,7-9,11,14,18,21,23,25,27H,6,10,12-13,15-17H2,1H3,(H,26,28);1H. The number of ether oxygens (including phenoxy) is 1. The third-order valence-electron chi connectivity index (χ3n) is 5.63. The lowest BCUT2D eigenvalue weighted by Gasteiger charge is -2.28. The van der Waals surface area contributed by atoms with Crippen molar-refractivity contribution in [3.05, 3.63) is 65.7 Å². The van der Waals surface area contributed by atoms with E-state index in [0.717, 1.165) is 24.2 Å². The van der Waals surface area contributed by atoms with Gasteiger partial charge in [0, 0.05) is 13.0 Å². The molecular formula is C24H33ClN2O3. The first-order valence-electron chi connectivity index (χ1n) is 10.5. The summed E-state index contributed by atoms with van der Waals surface area (Å²) in [4.78, 5) is 12.3. The summed E-state index contributed by atoms with van der Waals surface area (Å²) >= 11 is 0. The molecule has 5 nitrogen and oxygen atoms in total. The third kappa shape index (κ3) is 7.63. The molecule has 3 rings (SSSR count). The van der Waals surface area contributed by atoms with E-state index in [1.54, 1.807) is 0 Å². The van der Waals surface area contributed by atoms with Crippen molar-refractivity contribution in [1.82, 2.24) is 10.6 Å². The van der Waals surface area contributed by atoms with Crippen LogP contribution in [0.25, 0.3) is 0 Å². The van der Waals surface area contributed by atoms with Gasteiger partial charge in [0.25, 0.3) is 0 Å². The number of rotatable bonds is 9. The second-order valence-electron chi connectivity index (χ2n) is 7.95. The molecule has 30 heavy (non-hydrogen) atoms. The number of amides is 1. The van der Waals surface area contributed by atoms with Crippen molar-refractivity contribution >= 4 is 18.3 Å². The van der Waals surface area contributed by atoms with E-state index >= 15 is 0 Å². The molecular weight excluding hydrogens is 400 g/mol. The summed E-state index contributed by atoms with van der Waals surface area (Å²) < 4.78 is 5.82. The van der Waals surface area contributed by atoms with Gasteiger partial charge in [-0.15, -0.1) is 12.4 Å². The highest BCUT2D eigenvalue weighted by Gasteiger charge is 2.22. The Morgan fingerprint density at radius 3 is 2.77 bits per heavy atom. The van der Waals surface area contributed by atoms with Crippen molar-refractivity contribution in [2.75, 3.05) is 19.6 Å². The third-order valence-corrected chi connectivity index (χ3v) is 5.63. The molecule has 1 aliphatic heterocycles. The van der Waals surface area contributed by atoms with Gasteiger partial charge in [0.15, 0.2) is 0 Å². The largest absolute Gasteiger partial charge is 0.489 e. The van der Waals surface area contributed by atoms with Crippen molar-refractivity contribution in [1.29, 1.82) is 0 Å². The van der Waals surface area contributed by atoms with E-state index in [1.165, 1.54) is 12.8 Å². The predicted octanol–water partition coefficient (Wildman–Crippen LogP) is 3.86. The molecule has 1 aliphatic rings. The Labute approximate surface area is 185 Å². The van der Waals surface area contributed by atoms with Crippen LogP contribution in [0.5, 0.6) is 5.75 Å². The monoisotopic (exact) mass is 432 g/mol. The van der Waals surface area contributed by atoms with Gasteiger partial charge in [-0.1, -0.05) is 49.4 Å². The van der Waals surface area contributed by atoms with Crippen LogP contribution in [0.2, 0.25) is 0 Å². The Bertz CT molecular complexity index is 766. The Hall–Kier alpha value is -2.08. The topological polar surface area (TPSA) is 70.6 Å². The summed E-state index contributed by atoms with van der Waals surface area (Å²) in [7, 11) is 0. The number of piperidine rings is 1. The normalized spacial score (nSPS) is 18.0. The molecule has 0 bridgehead atoms. The number of carbonyl (C=O) groups is 1. The van der Waals surface area contributed by atoms with Crippen molar-refractivity contribution in [2.45, 2.75) is 38.9 Å². The van der Waals surface area contributed by atoms with Crippen molar-refractivity contribution in [3.63, 3.8) is 0 Å². The molecule has 6 heteroatoms. The van der Waals surface area contributed by atoms with Gasteiger partial charge in [0.05, 0.1) is 6.10 Å². The average Bonchev–Trinajstić information content (AvgIpc) is 2.77. The fourth-order valence-corrected chi connectivity index (χ4v) is 3.78. The predicted molar refractivity (Wildman–Crippen MR) is 122 cm³/mol. The van der Waals surface area contributed by atoms with Gasteiger partial charge in [-0.05, 0) is 61.0 Å². The maximum atomic E-state index is 12.3. The number of benzene rings is 2. The number of hydrogen-bond donors (Lipinski definition) is 3. The summed E-state index contributed by atoms with van der Waals surface area (Å²) in [6.07, 6.45) is 2.10. The summed E-state index contributed by atoms with van der Waals surface area (Å²) in [6, 6.07) is 17.4. The highest BCUT2D eigenvalue weighted by atomic mass is 35.5. The van der Waals surface area contributed by atoms with Gasteiger partial charge < -0.3 is 20.5 Å². The van der Waals surface area contributed by atoms with Crippen molar-refractivity contribution < 1.29 is 14.6 Å². The minimum Gasteiger partial charge on any atom is -0.489 e. The van der Waals surface area contributed by atoms with Crippen LogP contribution >= 0.6 is 12.4 Å².